The van der Waals surface area contributed by atoms with Crippen molar-refractivity contribution in [2.24, 2.45) is 5.92 Å². The van der Waals surface area contributed by atoms with Crippen molar-refractivity contribution in [2.75, 3.05) is 7.11 Å². The van der Waals surface area contributed by atoms with Crippen LogP contribution >= 0.6 is 0 Å². The zero-order valence-electron chi connectivity index (χ0n) is 9.06. The predicted molar refractivity (Wildman–Crippen MR) is 56.5 cm³/mol. The first-order valence-electron chi connectivity index (χ1n) is 5.22. The van der Waals surface area contributed by atoms with Crippen LogP contribution < -0.4 is 0 Å². The summed E-state index contributed by atoms with van der Waals surface area (Å²) >= 11 is 0. The minimum atomic E-state index is -0.158. The minimum absolute atomic E-state index is 0.157. The Hall–Kier alpha value is -1.38. The quantitative estimate of drug-likeness (QED) is 0.709. The highest BCUT2D eigenvalue weighted by molar-refractivity contribution is 5.78. The predicted octanol–water partition coefficient (Wildman–Crippen LogP) is 2.06. The zero-order valence-corrected chi connectivity index (χ0v) is 9.06. The van der Waals surface area contributed by atoms with Gasteiger partial charge in [-0.25, -0.2) is 0 Å². The molecule has 0 N–H and O–H groups in total. The van der Waals surface area contributed by atoms with Crippen LogP contribution in [0.4, 0.5) is 0 Å². The lowest BCUT2D eigenvalue weighted by Gasteiger charge is -2.13. The van der Waals surface area contributed by atoms with Gasteiger partial charge in [-0.15, -0.1) is 0 Å². The second-order valence-electron chi connectivity index (χ2n) is 4.10. The molecule has 15 heavy (non-hydrogen) atoms. The minimum Gasteiger partial charge on any atom is -0.468 e. The topological polar surface area (TPSA) is 39.2 Å². The van der Waals surface area contributed by atoms with Gasteiger partial charge >= 0.3 is 5.97 Å². The SMILES string of the molecule is COC(=O)C(c1cc(C)ccn1)C1CC1. The number of nitrogens with zero attached hydrogens (tertiary/aromatic N) is 1. The Morgan fingerprint density at radius 3 is 2.87 bits per heavy atom. The van der Waals surface area contributed by atoms with Crippen LogP contribution in [0.15, 0.2) is 18.3 Å². The number of rotatable bonds is 3. The van der Waals surface area contributed by atoms with E-state index in [9.17, 15) is 4.79 Å². The first kappa shape index (κ1) is 10.1. The van der Waals surface area contributed by atoms with Crippen LogP contribution in [0, 0.1) is 12.8 Å². The molecule has 0 radical (unpaired) electrons. The lowest BCUT2D eigenvalue weighted by Crippen LogP contribution is -2.17. The van der Waals surface area contributed by atoms with Gasteiger partial charge in [-0.1, -0.05) is 0 Å². The third-order valence-electron chi connectivity index (χ3n) is 2.80. The molecule has 0 aliphatic heterocycles. The van der Waals surface area contributed by atoms with Crippen LogP contribution in [0.3, 0.4) is 0 Å². The van der Waals surface area contributed by atoms with Gasteiger partial charge in [0.2, 0.25) is 0 Å². The Balaban J connectivity index is 2.27. The summed E-state index contributed by atoms with van der Waals surface area (Å²) in [6, 6.07) is 3.91. The number of ether oxygens (including phenoxy) is 1. The highest BCUT2D eigenvalue weighted by Crippen LogP contribution is 2.42. The summed E-state index contributed by atoms with van der Waals surface area (Å²) in [5.74, 6) is 0.122. The fourth-order valence-corrected chi connectivity index (χ4v) is 1.84. The highest BCUT2D eigenvalue weighted by atomic mass is 16.5. The molecule has 3 nitrogen and oxygen atoms in total. The van der Waals surface area contributed by atoms with Gasteiger partial charge in [0.15, 0.2) is 0 Å². The second kappa shape index (κ2) is 4.01. The first-order valence-corrected chi connectivity index (χ1v) is 5.22. The van der Waals surface area contributed by atoms with E-state index in [0.717, 1.165) is 24.1 Å². The highest BCUT2D eigenvalue weighted by Gasteiger charge is 2.38. The molecular formula is C12H15NO2. The summed E-state index contributed by atoms with van der Waals surface area (Å²) < 4.78 is 4.83. The van der Waals surface area contributed by atoms with Crippen molar-refractivity contribution in [3.05, 3.63) is 29.6 Å². The lowest BCUT2D eigenvalue weighted by atomic mass is 9.98. The van der Waals surface area contributed by atoms with E-state index >= 15 is 0 Å². The monoisotopic (exact) mass is 205 g/mol. The molecule has 1 aliphatic carbocycles. The molecular weight excluding hydrogens is 190 g/mol. The van der Waals surface area contributed by atoms with E-state index < -0.39 is 0 Å². The van der Waals surface area contributed by atoms with Gasteiger partial charge in [-0.05, 0) is 43.4 Å². The molecule has 1 fully saturated rings. The molecule has 1 aromatic heterocycles. The van der Waals surface area contributed by atoms with E-state index in [0.29, 0.717) is 5.92 Å². The summed E-state index contributed by atoms with van der Waals surface area (Å²) in [6.07, 6.45) is 3.97. The number of hydrogen-bond donors (Lipinski definition) is 0. The molecule has 1 saturated carbocycles. The molecule has 0 amide bonds. The fourth-order valence-electron chi connectivity index (χ4n) is 1.84. The number of carbonyl (C=O) groups excluding carboxylic acids is 1. The van der Waals surface area contributed by atoms with E-state index in [1.165, 1.54) is 7.11 Å². The molecule has 1 heterocycles. The van der Waals surface area contributed by atoms with Gasteiger partial charge < -0.3 is 4.74 Å². The summed E-state index contributed by atoms with van der Waals surface area (Å²) in [4.78, 5) is 15.9. The summed E-state index contributed by atoms with van der Waals surface area (Å²) in [6.45, 7) is 2.01. The third kappa shape index (κ3) is 2.17. The maximum absolute atomic E-state index is 11.6. The maximum atomic E-state index is 11.6. The Kier molecular flexibility index (Phi) is 2.71. The third-order valence-corrected chi connectivity index (χ3v) is 2.80. The van der Waals surface area contributed by atoms with Gasteiger partial charge in [0.05, 0.1) is 12.8 Å². The molecule has 0 aromatic carbocycles. The number of pyridine rings is 1. The van der Waals surface area contributed by atoms with E-state index in [1.54, 1.807) is 6.20 Å². The van der Waals surface area contributed by atoms with Crippen molar-refractivity contribution >= 4 is 5.97 Å². The van der Waals surface area contributed by atoms with Crippen molar-refractivity contribution in [2.45, 2.75) is 25.7 Å². The van der Waals surface area contributed by atoms with Gasteiger partial charge in [-0.3, -0.25) is 9.78 Å². The molecule has 2 rings (SSSR count). The van der Waals surface area contributed by atoms with Gasteiger partial charge in [0, 0.05) is 6.20 Å². The molecule has 0 saturated heterocycles. The standard InChI is InChI=1S/C12H15NO2/c1-8-5-6-13-10(7-8)11(9-3-4-9)12(14)15-2/h5-7,9,11H,3-4H2,1-2H3. The Labute approximate surface area is 89.5 Å². The molecule has 1 unspecified atom stereocenters. The molecule has 1 aliphatic rings. The average Bonchev–Trinajstić information content (AvgIpc) is 3.02. The van der Waals surface area contributed by atoms with Crippen LogP contribution in [-0.4, -0.2) is 18.1 Å². The Morgan fingerprint density at radius 1 is 1.60 bits per heavy atom. The number of aryl methyl sites for hydroxylation is 1. The van der Waals surface area contributed by atoms with E-state index in [1.807, 2.05) is 19.1 Å². The van der Waals surface area contributed by atoms with Crippen LogP contribution in [0.5, 0.6) is 0 Å². The van der Waals surface area contributed by atoms with Crippen LogP contribution in [0.2, 0.25) is 0 Å². The Morgan fingerprint density at radius 2 is 2.33 bits per heavy atom. The maximum Gasteiger partial charge on any atom is 0.315 e. The van der Waals surface area contributed by atoms with Crippen LogP contribution in [0.25, 0.3) is 0 Å². The van der Waals surface area contributed by atoms with Gasteiger partial charge in [-0.2, -0.15) is 0 Å². The van der Waals surface area contributed by atoms with Crippen molar-refractivity contribution in [3.8, 4) is 0 Å². The van der Waals surface area contributed by atoms with E-state index in [2.05, 4.69) is 4.98 Å². The number of esters is 1. The van der Waals surface area contributed by atoms with Crippen molar-refractivity contribution in [1.82, 2.24) is 4.98 Å². The first-order chi connectivity index (χ1) is 7.22. The number of methoxy groups -OCH3 is 1. The largest absolute Gasteiger partial charge is 0.468 e. The number of aromatic nitrogens is 1. The lowest BCUT2D eigenvalue weighted by molar-refractivity contribution is -0.143. The molecule has 0 bridgehead atoms. The van der Waals surface area contributed by atoms with Crippen LogP contribution in [-0.2, 0) is 9.53 Å². The van der Waals surface area contributed by atoms with Crippen molar-refractivity contribution < 1.29 is 9.53 Å². The number of hydrogen-bond acceptors (Lipinski definition) is 3. The molecule has 80 valence electrons. The van der Waals surface area contributed by atoms with Gasteiger partial charge in [0.25, 0.3) is 0 Å². The zero-order chi connectivity index (χ0) is 10.8. The van der Waals surface area contributed by atoms with E-state index in [4.69, 9.17) is 4.74 Å². The molecule has 1 atom stereocenters. The second-order valence-corrected chi connectivity index (χ2v) is 4.10. The van der Waals surface area contributed by atoms with Crippen molar-refractivity contribution in [1.29, 1.82) is 0 Å². The van der Waals surface area contributed by atoms with Gasteiger partial charge in [0.1, 0.15) is 5.92 Å². The number of carbonyl (C=O) groups is 1. The smallest absolute Gasteiger partial charge is 0.315 e. The summed E-state index contributed by atoms with van der Waals surface area (Å²) in [5, 5.41) is 0. The average molecular weight is 205 g/mol. The summed E-state index contributed by atoms with van der Waals surface area (Å²) in [5.41, 5.74) is 1.99. The normalized spacial score (nSPS) is 17.2. The molecule has 3 heteroatoms. The fraction of sp³-hybridized carbons (Fsp3) is 0.500. The van der Waals surface area contributed by atoms with E-state index in [-0.39, 0.29) is 11.9 Å². The Bertz CT molecular complexity index is 372. The summed E-state index contributed by atoms with van der Waals surface area (Å²) in [7, 11) is 1.44. The molecule has 0 spiro atoms. The van der Waals surface area contributed by atoms with Crippen molar-refractivity contribution in [3.63, 3.8) is 0 Å². The van der Waals surface area contributed by atoms with Crippen LogP contribution in [0.1, 0.15) is 30.0 Å². The molecule has 1 aromatic rings.